The van der Waals surface area contributed by atoms with E-state index in [-0.39, 0.29) is 18.1 Å². The van der Waals surface area contributed by atoms with E-state index in [0.717, 1.165) is 61.6 Å². The first kappa shape index (κ1) is 26.0. The van der Waals surface area contributed by atoms with Crippen molar-refractivity contribution in [1.82, 2.24) is 0 Å². The first-order valence-electron chi connectivity index (χ1n) is 12.1. The van der Waals surface area contributed by atoms with Crippen LogP contribution in [-0.4, -0.2) is 51.0 Å². The van der Waals surface area contributed by atoms with Crippen LogP contribution in [-0.2, 0) is 19.4 Å². The summed E-state index contributed by atoms with van der Waals surface area (Å²) in [5.41, 5.74) is 3.70. The van der Waals surface area contributed by atoms with Crippen LogP contribution >= 0.6 is 0 Å². The zero-order valence-electron chi connectivity index (χ0n) is 20.3. The number of nitrogens with one attached hydrogen (secondary N) is 1. The molecule has 0 amide bonds. The van der Waals surface area contributed by atoms with Crippen LogP contribution in [0.25, 0.3) is 0 Å². The second-order valence-electron chi connectivity index (χ2n) is 8.66. The molecule has 1 aliphatic heterocycles. The molecule has 0 radical (unpaired) electrons. The average molecular weight is 489 g/mol. The van der Waals surface area contributed by atoms with E-state index in [4.69, 9.17) is 4.74 Å². The van der Waals surface area contributed by atoms with E-state index in [1.54, 1.807) is 31.2 Å². The molecule has 1 saturated heterocycles. The first-order chi connectivity index (χ1) is 16.3. The number of hydrogen-bond donors (Lipinski definition) is 2. The van der Waals surface area contributed by atoms with Gasteiger partial charge in [-0.25, -0.2) is 8.42 Å². The van der Waals surface area contributed by atoms with Crippen molar-refractivity contribution in [2.24, 2.45) is 0 Å². The Kier molecular flexibility index (Phi) is 8.97. The Bertz CT molecular complexity index is 1060. The zero-order valence-corrected chi connectivity index (χ0v) is 21.1. The molecule has 0 saturated carbocycles. The molecule has 2 N–H and O–H groups in total. The molecular weight excluding hydrogens is 452 g/mol. The smallest absolute Gasteiger partial charge is 0.303 e. The van der Waals surface area contributed by atoms with E-state index >= 15 is 0 Å². The number of hydrogen-bond acceptors (Lipinski definition) is 6. The Hall–Kier alpha value is -2.58. The van der Waals surface area contributed by atoms with Crippen LogP contribution in [0.5, 0.6) is 0 Å². The molecule has 1 heterocycles. The van der Waals surface area contributed by atoms with Crippen molar-refractivity contribution >= 4 is 32.9 Å². The Balaban J connectivity index is 1.99. The summed E-state index contributed by atoms with van der Waals surface area (Å²) in [6.45, 7) is 8.09. The highest BCUT2D eigenvalue weighted by Crippen LogP contribution is 2.36. The van der Waals surface area contributed by atoms with Gasteiger partial charge in [0.25, 0.3) is 0 Å². The van der Waals surface area contributed by atoms with Crippen LogP contribution in [0.3, 0.4) is 0 Å². The normalized spacial score (nSPS) is 15.6. The third-order valence-electron chi connectivity index (χ3n) is 6.56. The van der Waals surface area contributed by atoms with Gasteiger partial charge in [0.2, 0.25) is 0 Å². The third kappa shape index (κ3) is 6.30. The lowest BCUT2D eigenvalue weighted by Crippen LogP contribution is -2.39. The van der Waals surface area contributed by atoms with Crippen molar-refractivity contribution in [3.63, 3.8) is 0 Å². The van der Waals surface area contributed by atoms with Crippen LogP contribution in [0.2, 0.25) is 0 Å². The molecule has 8 heteroatoms. The summed E-state index contributed by atoms with van der Waals surface area (Å²) in [5, 5.41) is 12.8. The summed E-state index contributed by atoms with van der Waals surface area (Å²) < 4.78 is 29.9. The van der Waals surface area contributed by atoms with E-state index in [9.17, 15) is 18.3 Å². The molecule has 0 aliphatic carbocycles. The Morgan fingerprint density at radius 1 is 1.12 bits per heavy atom. The van der Waals surface area contributed by atoms with Crippen molar-refractivity contribution in [3.05, 3.63) is 48.0 Å². The van der Waals surface area contributed by atoms with Gasteiger partial charge < -0.3 is 20.1 Å². The second-order valence-corrected chi connectivity index (χ2v) is 10.9. The van der Waals surface area contributed by atoms with Crippen LogP contribution in [0.1, 0.15) is 57.9 Å². The molecule has 3 rings (SSSR count). The third-order valence-corrected chi connectivity index (χ3v) is 8.31. The number of nitrogens with zero attached hydrogens (tertiary/aromatic N) is 1. The van der Waals surface area contributed by atoms with Gasteiger partial charge in [-0.1, -0.05) is 19.9 Å². The van der Waals surface area contributed by atoms with Crippen molar-refractivity contribution in [2.45, 2.75) is 63.3 Å². The number of anilines is 3. The van der Waals surface area contributed by atoms with Crippen LogP contribution in [0, 0.1) is 0 Å². The molecule has 0 unspecified atom stereocenters. The summed E-state index contributed by atoms with van der Waals surface area (Å²) in [6, 6.07) is 13.3. The number of carboxylic acids is 1. The SMILES string of the molecule is CC[C@H](CC(=O)O)c1ccc(N(CC)C2CCOCC2)c(Nc2ccc(S(=O)(=O)CC)cc2)c1. The number of carbonyl (C=O) groups is 1. The minimum absolute atomic E-state index is 0.0600. The Morgan fingerprint density at radius 2 is 1.79 bits per heavy atom. The van der Waals surface area contributed by atoms with Crippen LogP contribution in [0.4, 0.5) is 17.1 Å². The molecule has 0 spiro atoms. The minimum Gasteiger partial charge on any atom is -0.481 e. The quantitative estimate of drug-likeness (QED) is 0.449. The maximum absolute atomic E-state index is 12.2. The molecule has 2 aromatic carbocycles. The lowest BCUT2D eigenvalue weighted by atomic mass is 9.92. The zero-order chi connectivity index (χ0) is 24.7. The summed E-state index contributed by atoms with van der Waals surface area (Å²) in [6.07, 6.45) is 2.72. The van der Waals surface area contributed by atoms with E-state index in [0.29, 0.717) is 10.9 Å². The summed E-state index contributed by atoms with van der Waals surface area (Å²) >= 11 is 0. The fourth-order valence-corrected chi connectivity index (χ4v) is 5.44. The van der Waals surface area contributed by atoms with Gasteiger partial charge in [-0.2, -0.15) is 0 Å². The van der Waals surface area contributed by atoms with Crippen molar-refractivity contribution in [1.29, 1.82) is 0 Å². The van der Waals surface area contributed by atoms with Crippen molar-refractivity contribution in [2.75, 3.05) is 35.7 Å². The molecule has 186 valence electrons. The number of sulfone groups is 1. The monoisotopic (exact) mass is 488 g/mol. The van der Waals surface area contributed by atoms with Gasteiger partial charge in [0, 0.05) is 31.5 Å². The van der Waals surface area contributed by atoms with Crippen LogP contribution < -0.4 is 10.2 Å². The van der Waals surface area contributed by atoms with Crippen molar-refractivity contribution < 1.29 is 23.1 Å². The van der Waals surface area contributed by atoms with Gasteiger partial charge in [0.1, 0.15) is 0 Å². The first-order valence-corrected chi connectivity index (χ1v) is 13.7. The number of ether oxygens (including phenoxy) is 1. The molecule has 7 nitrogen and oxygen atoms in total. The highest BCUT2D eigenvalue weighted by molar-refractivity contribution is 7.91. The fraction of sp³-hybridized carbons (Fsp3) is 0.500. The van der Waals surface area contributed by atoms with Crippen molar-refractivity contribution in [3.8, 4) is 0 Å². The molecular formula is C26H36N2O5S. The van der Waals surface area contributed by atoms with E-state index in [1.807, 2.05) is 19.1 Å². The number of aliphatic carboxylic acids is 1. The van der Waals surface area contributed by atoms with E-state index < -0.39 is 15.8 Å². The molecule has 0 bridgehead atoms. The maximum atomic E-state index is 12.2. The number of benzene rings is 2. The predicted molar refractivity (Wildman–Crippen MR) is 136 cm³/mol. The highest BCUT2D eigenvalue weighted by Gasteiger charge is 2.24. The molecule has 2 aromatic rings. The number of rotatable bonds is 11. The molecule has 0 aromatic heterocycles. The summed E-state index contributed by atoms with van der Waals surface area (Å²) in [7, 11) is -3.26. The summed E-state index contributed by atoms with van der Waals surface area (Å²) in [4.78, 5) is 14.1. The summed E-state index contributed by atoms with van der Waals surface area (Å²) in [5.74, 6) is -0.831. The van der Waals surface area contributed by atoms with E-state index in [2.05, 4.69) is 23.2 Å². The van der Waals surface area contributed by atoms with Gasteiger partial charge in [0.05, 0.1) is 28.4 Å². The lowest BCUT2D eigenvalue weighted by molar-refractivity contribution is -0.137. The maximum Gasteiger partial charge on any atom is 0.303 e. The molecule has 1 fully saturated rings. The predicted octanol–water partition coefficient (Wildman–Crippen LogP) is 5.20. The van der Waals surface area contributed by atoms with E-state index in [1.165, 1.54) is 0 Å². The van der Waals surface area contributed by atoms with Gasteiger partial charge in [-0.3, -0.25) is 4.79 Å². The molecule has 34 heavy (non-hydrogen) atoms. The van der Waals surface area contributed by atoms with Crippen LogP contribution in [0.15, 0.2) is 47.4 Å². The average Bonchev–Trinajstić information content (AvgIpc) is 2.84. The second kappa shape index (κ2) is 11.7. The lowest BCUT2D eigenvalue weighted by Gasteiger charge is -2.37. The topological polar surface area (TPSA) is 95.9 Å². The van der Waals surface area contributed by atoms with Gasteiger partial charge in [-0.05, 0) is 74.1 Å². The Labute approximate surface area is 203 Å². The molecule has 1 atom stereocenters. The minimum atomic E-state index is -3.26. The van der Waals surface area contributed by atoms with Gasteiger partial charge in [0.15, 0.2) is 9.84 Å². The largest absolute Gasteiger partial charge is 0.481 e. The standard InChI is InChI=1S/C26H36N2O5S/c1-4-19(18-26(29)30)20-7-12-25(28(5-2)22-13-15-33-16-14-22)24(17-20)27-21-8-10-23(11-9-21)34(31,32)6-3/h7-12,17,19,22,27H,4-6,13-16,18H2,1-3H3,(H,29,30)/t19-/m1/s1. The molecule has 1 aliphatic rings. The highest BCUT2D eigenvalue weighted by atomic mass is 32.2. The Morgan fingerprint density at radius 3 is 2.35 bits per heavy atom. The fourth-order valence-electron chi connectivity index (χ4n) is 4.56. The van der Waals surface area contributed by atoms with Gasteiger partial charge in [-0.15, -0.1) is 0 Å². The number of carboxylic acid groups (broad SMARTS) is 1. The van der Waals surface area contributed by atoms with Gasteiger partial charge >= 0.3 is 5.97 Å².